The molecule has 0 saturated heterocycles. The van der Waals surface area contributed by atoms with Crippen molar-refractivity contribution in [2.75, 3.05) is 20.3 Å². The van der Waals surface area contributed by atoms with Gasteiger partial charge >= 0.3 is 5.97 Å². The molecule has 19 heavy (non-hydrogen) atoms. The molecule has 0 spiro atoms. The first kappa shape index (κ1) is 15.7. The van der Waals surface area contributed by atoms with Gasteiger partial charge in [-0.2, -0.15) is 0 Å². The molecule has 106 valence electrons. The third-order valence-electron chi connectivity index (χ3n) is 2.97. The number of benzene rings is 1. The molecular weight excluding hydrogens is 242 g/mol. The van der Waals surface area contributed by atoms with Crippen LogP contribution in [0.25, 0.3) is 0 Å². The molecule has 1 aromatic carbocycles. The Labute approximate surface area is 114 Å². The first-order valence-electron chi connectivity index (χ1n) is 6.66. The van der Waals surface area contributed by atoms with E-state index in [1.807, 2.05) is 12.1 Å². The molecule has 0 fully saturated rings. The number of esters is 1. The molecule has 0 amide bonds. The molecule has 0 bridgehead atoms. The fourth-order valence-corrected chi connectivity index (χ4v) is 1.74. The lowest BCUT2D eigenvalue weighted by Crippen LogP contribution is -2.20. The molecule has 1 rings (SSSR count). The number of ether oxygens (including phenoxy) is 2. The van der Waals surface area contributed by atoms with E-state index in [0.717, 1.165) is 12.0 Å². The predicted octanol–water partition coefficient (Wildman–Crippen LogP) is 2.22. The van der Waals surface area contributed by atoms with Crippen LogP contribution in [0.2, 0.25) is 0 Å². The van der Waals surface area contributed by atoms with Crippen LogP contribution in [0.1, 0.15) is 36.9 Å². The van der Waals surface area contributed by atoms with Crippen LogP contribution in [-0.2, 0) is 20.7 Å². The average molecular weight is 265 g/mol. The zero-order valence-electron chi connectivity index (χ0n) is 11.7. The monoisotopic (exact) mass is 265 g/mol. The normalized spacial score (nSPS) is 12.2. The third kappa shape index (κ3) is 5.85. The number of carbonyl (C=O) groups is 1. The van der Waals surface area contributed by atoms with Crippen LogP contribution in [0.3, 0.4) is 0 Å². The molecule has 0 aliphatic rings. The molecule has 0 aliphatic heterocycles. The van der Waals surface area contributed by atoms with Gasteiger partial charge in [-0.25, -0.2) is 4.79 Å². The topological polar surface area (TPSA) is 61.5 Å². The van der Waals surface area contributed by atoms with Crippen LogP contribution in [0.5, 0.6) is 0 Å². The van der Waals surface area contributed by atoms with Gasteiger partial charge in [-0.15, -0.1) is 0 Å². The van der Waals surface area contributed by atoms with Crippen molar-refractivity contribution in [2.45, 2.75) is 32.2 Å². The van der Waals surface area contributed by atoms with Crippen LogP contribution in [0, 0.1) is 0 Å². The van der Waals surface area contributed by atoms with Crippen LogP contribution in [-0.4, -0.2) is 26.3 Å². The summed E-state index contributed by atoms with van der Waals surface area (Å²) in [6.07, 6.45) is 3.50. The summed E-state index contributed by atoms with van der Waals surface area (Å²) in [6, 6.07) is 8.04. The van der Waals surface area contributed by atoms with Crippen molar-refractivity contribution in [3.63, 3.8) is 0 Å². The SMILES string of the molecule is CCCCc1ccc(C(N)COCC(=O)OC)cc1. The summed E-state index contributed by atoms with van der Waals surface area (Å²) >= 11 is 0. The lowest BCUT2D eigenvalue weighted by molar-refractivity contribution is -0.146. The molecule has 1 atom stereocenters. The largest absolute Gasteiger partial charge is 0.467 e. The number of rotatable bonds is 8. The van der Waals surface area contributed by atoms with Crippen molar-refractivity contribution in [1.29, 1.82) is 0 Å². The third-order valence-corrected chi connectivity index (χ3v) is 2.97. The van der Waals surface area contributed by atoms with Gasteiger partial charge in [0.1, 0.15) is 6.61 Å². The van der Waals surface area contributed by atoms with Crippen molar-refractivity contribution in [3.8, 4) is 0 Å². The molecule has 4 nitrogen and oxygen atoms in total. The molecule has 0 aromatic heterocycles. The van der Waals surface area contributed by atoms with Gasteiger partial charge in [0.25, 0.3) is 0 Å². The van der Waals surface area contributed by atoms with E-state index in [-0.39, 0.29) is 18.6 Å². The van der Waals surface area contributed by atoms with Crippen LogP contribution < -0.4 is 5.73 Å². The van der Waals surface area contributed by atoms with Gasteiger partial charge in [-0.05, 0) is 24.0 Å². The Morgan fingerprint density at radius 1 is 1.32 bits per heavy atom. The van der Waals surface area contributed by atoms with Gasteiger partial charge in [-0.1, -0.05) is 37.6 Å². The number of methoxy groups -OCH3 is 1. The Morgan fingerprint density at radius 2 is 2.00 bits per heavy atom. The highest BCUT2D eigenvalue weighted by molar-refractivity contribution is 5.70. The summed E-state index contributed by atoms with van der Waals surface area (Å²) < 4.78 is 9.68. The van der Waals surface area contributed by atoms with Gasteiger partial charge in [0.15, 0.2) is 0 Å². The quantitative estimate of drug-likeness (QED) is 0.732. The predicted molar refractivity (Wildman–Crippen MR) is 74.8 cm³/mol. The summed E-state index contributed by atoms with van der Waals surface area (Å²) in [5.41, 5.74) is 8.34. The minimum Gasteiger partial charge on any atom is -0.467 e. The first-order chi connectivity index (χ1) is 9.17. The van der Waals surface area contributed by atoms with Crippen molar-refractivity contribution >= 4 is 5.97 Å². The number of nitrogens with two attached hydrogens (primary N) is 1. The van der Waals surface area contributed by atoms with Gasteiger partial charge in [0.2, 0.25) is 0 Å². The zero-order valence-corrected chi connectivity index (χ0v) is 11.7. The van der Waals surface area contributed by atoms with Crippen molar-refractivity contribution < 1.29 is 14.3 Å². The Hall–Kier alpha value is -1.39. The Kier molecular flexibility index (Phi) is 7.15. The van der Waals surface area contributed by atoms with E-state index >= 15 is 0 Å². The molecule has 1 unspecified atom stereocenters. The molecular formula is C15H23NO3. The van der Waals surface area contributed by atoms with Crippen molar-refractivity contribution in [2.24, 2.45) is 5.73 Å². The van der Waals surface area contributed by atoms with Crippen molar-refractivity contribution in [1.82, 2.24) is 0 Å². The lowest BCUT2D eigenvalue weighted by atomic mass is 10.0. The summed E-state index contributed by atoms with van der Waals surface area (Å²) in [4.78, 5) is 10.9. The maximum atomic E-state index is 10.9. The van der Waals surface area contributed by atoms with E-state index < -0.39 is 0 Å². The molecule has 0 saturated carbocycles. The standard InChI is InChI=1S/C15H23NO3/c1-3-4-5-12-6-8-13(9-7-12)14(16)10-19-11-15(17)18-2/h6-9,14H,3-5,10-11,16H2,1-2H3. The zero-order chi connectivity index (χ0) is 14.1. The second-order valence-corrected chi connectivity index (χ2v) is 4.54. The lowest BCUT2D eigenvalue weighted by Gasteiger charge is -2.12. The number of hydrogen-bond acceptors (Lipinski definition) is 4. The van der Waals surface area contributed by atoms with E-state index in [4.69, 9.17) is 10.5 Å². The highest BCUT2D eigenvalue weighted by Crippen LogP contribution is 2.13. The fraction of sp³-hybridized carbons (Fsp3) is 0.533. The molecule has 0 radical (unpaired) electrons. The highest BCUT2D eigenvalue weighted by atomic mass is 16.6. The number of aryl methyl sites for hydroxylation is 1. The van der Waals surface area contributed by atoms with Gasteiger partial charge in [0.05, 0.1) is 19.8 Å². The van der Waals surface area contributed by atoms with E-state index in [1.165, 1.54) is 25.5 Å². The summed E-state index contributed by atoms with van der Waals surface area (Å²) in [5, 5.41) is 0. The van der Waals surface area contributed by atoms with Gasteiger partial charge in [-0.3, -0.25) is 0 Å². The second-order valence-electron chi connectivity index (χ2n) is 4.54. The summed E-state index contributed by atoms with van der Waals surface area (Å²) in [6.45, 7) is 2.44. The van der Waals surface area contributed by atoms with Crippen molar-refractivity contribution in [3.05, 3.63) is 35.4 Å². The smallest absolute Gasteiger partial charge is 0.331 e. The average Bonchev–Trinajstić information content (AvgIpc) is 2.45. The van der Waals surface area contributed by atoms with E-state index in [9.17, 15) is 4.79 Å². The Bertz CT molecular complexity index is 375. The second kappa shape index (κ2) is 8.67. The molecule has 0 aliphatic carbocycles. The van der Waals surface area contributed by atoms with E-state index in [1.54, 1.807) is 0 Å². The van der Waals surface area contributed by atoms with Crippen LogP contribution in [0.15, 0.2) is 24.3 Å². The number of hydrogen-bond donors (Lipinski definition) is 1. The van der Waals surface area contributed by atoms with Gasteiger partial charge < -0.3 is 15.2 Å². The minimum absolute atomic E-state index is 0.0568. The summed E-state index contributed by atoms with van der Waals surface area (Å²) in [5.74, 6) is -0.387. The maximum absolute atomic E-state index is 10.9. The molecule has 1 aromatic rings. The van der Waals surface area contributed by atoms with E-state index in [0.29, 0.717) is 6.61 Å². The molecule has 0 heterocycles. The van der Waals surface area contributed by atoms with E-state index in [2.05, 4.69) is 23.8 Å². The maximum Gasteiger partial charge on any atom is 0.331 e. The van der Waals surface area contributed by atoms with Gasteiger partial charge in [0, 0.05) is 0 Å². The highest BCUT2D eigenvalue weighted by Gasteiger charge is 2.08. The summed E-state index contributed by atoms with van der Waals surface area (Å²) in [7, 11) is 1.33. The molecule has 4 heteroatoms. The number of carbonyl (C=O) groups excluding carboxylic acids is 1. The van der Waals surface area contributed by atoms with Crippen LogP contribution in [0.4, 0.5) is 0 Å². The Balaban J connectivity index is 2.39. The Morgan fingerprint density at radius 3 is 2.58 bits per heavy atom. The number of unbranched alkanes of at least 4 members (excludes halogenated alkanes) is 1. The first-order valence-corrected chi connectivity index (χ1v) is 6.66. The minimum atomic E-state index is -0.387. The fourth-order valence-electron chi connectivity index (χ4n) is 1.74. The molecule has 2 N–H and O–H groups in total. The van der Waals surface area contributed by atoms with Crippen LogP contribution >= 0.6 is 0 Å².